The standard InChI is InChI=1S/C19H19N3OS/c1-14-7-5-11-16(13-14)18(23)20-19-22-21-17(24-19)12-6-10-15-8-3-2-4-9-15/h2-5,7-9,11,13H,6,10,12H2,1H3,(H,20,22,23). The van der Waals surface area contributed by atoms with Gasteiger partial charge in [-0.25, -0.2) is 0 Å². The molecule has 122 valence electrons. The van der Waals surface area contributed by atoms with Crippen molar-refractivity contribution in [1.82, 2.24) is 10.2 Å². The molecule has 0 unspecified atom stereocenters. The summed E-state index contributed by atoms with van der Waals surface area (Å²) >= 11 is 1.44. The van der Waals surface area contributed by atoms with Gasteiger partial charge in [0.1, 0.15) is 5.01 Å². The maximum absolute atomic E-state index is 12.2. The second-order valence-electron chi connectivity index (χ2n) is 5.66. The van der Waals surface area contributed by atoms with E-state index in [1.165, 1.54) is 16.9 Å². The Morgan fingerprint density at radius 3 is 2.67 bits per heavy atom. The zero-order chi connectivity index (χ0) is 16.8. The number of carbonyl (C=O) groups excluding carboxylic acids is 1. The van der Waals surface area contributed by atoms with Crippen molar-refractivity contribution in [2.45, 2.75) is 26.2 Å². The van der Waals surface area contributed by atoms with Crippen molar-refractivity contribution >= 4 is 22.4 Å². The zero-order valence-electron chi connectivity index (χ0n) is 13.5. The topological polar surface area (TPSA) is 54.9 Å². The van der Waals surface area contributed by atoms with Crippen molar-refractivity contribution in [2.24, 2.45) is 0 Å². The Morgan fingerprint density at radius 1 is 1.04 bits per heavy atom. The van der Waals surface area contributed by atoms with E-state index < -0.39 is 0 Å². The SMILES string of the molecule is Cc1cccc(C(=O)Nc2nnc(CCCc3ccccc3)s2)c1. The fourth-order valence-electron chi connectivity index (χ4n) is 2.45. The summed E-state index contributed by atoms with van der Waals surface area (Å²) in [5.41, 5.74) is 3.02. The summed E-state index contributed by atoms with van der Waals surface area (Å²) in [6, 6.07) is 17.9. The van der Waals surface area contributed by atoms with Crippen LogP contribution in [0.3, 0.4) is 0 Å². The quantitative estimate of drug-likeness (QED) is 0.730. The molecular formula is C19H19N3OS. The molecule has 1 aromatic heterocycles. The molecule has 0 bridgehead atoms. The Bertz CT molecular complexity index is 814. The van der Waals surface area contributed by atoms with Gasteiger partial charge in [-0.15, -0.1) is 10.2 Å². The number of hydrogen-bond acceptors (Lipinski definition) is 4. The second kappa shape index (κ2) is 7.84. The highest BCUT2D eigenvalue weighted by molar-refractivity contribution is 7.15. The van der Waals surface area contributed by atoms with Crippen molar-refractivity contribution in [3.63, 3.8) is 0 Å². The molecule has 4 nitrogen and oxygen atoms in total. The Kier molecular flexibility index (Phi) is 5.33. The van der Waals surface area contributed by atoms with E-state index in [4.69, 9.17) is 0 Å². The molecule has 5 heteroatoms. The van der Waals surface area contributed by atoms with E-state index in [9.17, 15) is 4.79 Å². The number of carbonyl (C=O) groups is 1. The van der Waals surface area contributed by atoms with Crippen LogP contribution in [0.2, 0.25) is 0 Å². The highest BCUT2D eigenvalue weighted by Gasteiger charge is 2.10. The second-order valence-corrected chi connectivity index (χ2v) is 6.73. The number of amides is 1. The first kappa shape index (κ1) is 16.3. The first-order valence-electron chi connectivity index (χ1n) is 7.95. The van der Waals surface area contributed by atoms with Gasteiger partial charge in [0, 0.05) is 12.0 Å². The lowest BCUT2D eigenvalue weighted by molar-refractivity contribution is 0.102. The Labute approximate surface area is 145 Å². The number of benzene rings is 2. The number of rotatable bonds is 6. The first-order chi connectivity index (χ1) is 11.7. The molecule has 0 aliphatic rings. The van der Waals surface area contributed by atoms with Crippen molar-refractivity contribution in [1.29, 1.82) is 0 Å². The van der Waals surface area contributed by atoms with Gasteiger partial charge in [-0.1, -0.05) is 59.4 Å². The summed E-state index contributed by atoms with van der Waals surface area (Å²) in [7, 11) is 0. The average Bonchev–Trinajstić information content (AvgIpc) is 3.03. The summed E-state index contributed by atoms with van der Waals surface area (Å²) in [6.45, 7) is 1.96. The van der Waals surface area contributed by atoms with E-state index >= 15 is 0 Å². The molecule has 0 aliphatic heterocycles. The molecule has 1 heterocycles. The number of aromatic nitrogens is 2. The highest BCUT2D eigenvalue weighted by atomic mass is 32.1. The third kappa shape index (κ3) is 4.49. The monoisotopic (exact) mass is 337 g/mol. The summed E-state index contributed by atoms with van der Waals surface area (Å²) in [5, 5.41) is 12.6. The minimum absolute atomic E-state index is 0.148. The van der Waals surface area contributed by atoms with Crippen LogP contribution >= 0.6 is 11.3 Å². The summed E-state index contributed by atoms with van der Waals surface area (Å²) < 4.78 is 0. The summed E-state index contributed by atoms with van der Waals surface area (Å²) in [4.78, 5) is 12.2. The molecule has 0 radical (unpaired) electrons. The smallest absolute Gasteiger partial charge is 0.257 e. The predicted octanol–water partition coefficient (Wildman–Crippen LogP) is 4.27. The third-order valence-corrected chi connectivity index (χ3v) is 4.56. The largest absolute Gasteiger partial charge is 0.296 e. The average molecular weight is 337 g/mol. The molecule has 0 fully saturated rings. The normalized spacial score (nSPS) is 10.5. The fourth-order valence-corrected chi connectivity index (χ4v) is 3.23. The van der Waals surface area contributed by atoms with Gasteiger partial charge in [0.15, 0.2) is 0 Å². The molecule has 0 spiro atoms. The molecule has 0 atom stereocenters. The Morgan fingerprint density at radius 2 is 1.88 bits per heavy atom. The van der Waals surface area contributed by atoms with E-state index in [1.807, 2.05) is 31.2 Å². The van der Waals surface area contributed by atoms with Crippen LogP contribution < -0.4 is 5.32 Å². The zero-order valence-corrected chi connectivity index (χ0v) is 14.3. The fraction of sp³-hybridized carbons (Fsp3) is 0.211. The number of aryl methyl sites for hydroxylation is 3. The summed E-state index contributed by atoms with van der Waals surface area (Å²) in [6.07, 6.45) is 2.91. The Balaban J connectivity index is 1.53. The molecule has 2 aromatic carbocycles. The summed E-state index contributed by atoms with van der Waals surface area (Å²) in [5.74, 6) is -0.148. The van der Waals surface area contributed by atoms with Crippen LogP contribution in [0.4, 0.5) is 5.13 Å². The van der Waals surface area contributed by atoms with E-state index in [-0.39, 0.29) is 5.91 Å². The van der Waals surface area contributed by atoms with Gasteiger partial charge in [-0.3, -0.25) is 10.1 Å². The molecule has 0 aliphatic carbocycles. The van der Waals surface area contributed by atoms with E-state index in [2.05, 4.69) is 39.8 Å². The van der Waals surface area contributed by atoms with Gasteiger partial charge >= 0.3 is 0 Å². The Hall–Kier alpha value is -2.53. The highest BCUT2D eigenvalue weighted by Crippen LogP contribution is 2.18. The predicted molar refractivity (Wildman–Crippen MR) is 97.5 cm³/mol. The van der Waals surface area contributed by atoms with Crippen LogP contribution in [-0.2, 0) is 12.8 Å². The first-order valence-corrected chi connectivity index (χ1v) is 8.77. The molecule has 24 heavy (non-hydrogen) atoms. The van der Waals surface area contributed by atoms with Crippen molar-refractivity contribution < 1.29 is 4.79 Å². The number of hydrogen-bond donors (Lipinski definition) is 1. The number of nitrogens with zero attached hydrogens (tertiary/aromatic N) is 2. The lowest BCUT2D eigenvalue weighted by Crippen LogP contribution is -2.11. The van der Waals surface area contributed by atoms with Gasteiger partial charge < -0.3 is 0 Å². The minimum Gasteiger partial charge on any atom is -0.296 e. The lowest BCUT2D eigenvalue weighted by atomic mass is 10.1. The van der Waals surface area contributed by atoms with E-state index in [0.29, 0.717) is 10.7 Å². The van der Waals surface area contributed by atoms with Gasteiger partial charge in [-0.2, -0.15) is 0 Å². The van der Waals surface area contributed by atoms with Gasteiger partial charge in [0.2, 0.25) is 5.13 Å². The number of anilines is 1. The lowest BCUT2D eigenvalue weighted by Gasteiger charge is -2.01. The molecule has 0 saturated carbocycles. The van der Waals surface area contributed by atoms with Gasteiger partial charge in [-0.05, 0) is 37.5 Å². The van der Waals surface area contributed by atoms with E-state index in [0.717, 1.165) is 29.8 Å². The molecule has 1 N–H and O–H groups in total. The van der Waals surface area contributed by atoms with Crippen molar-refractivity contribution in [3.8, 4) is 0 Å². The molecule has 1 amide bonds. The maximum atomic E-state index is 12.2. The van der Waals surface area contributed by atoms with Crippen molar-refractivity contribution in [3.05, 3.63) is 76.3 Å². The molecule has 0 saturated heterocycles. The van der Waals surface area contributed by atoms with Gasteiger partial charge in [0.25, 0.3) is 5.91 Å². The molecular weight excluding hydrogens is 318 g/mol. The van der Waals surface area contributed by atoms with Crippen LogP contribution in [0, 0.1) is 6.92 Å². The van der Waals surface area contributed by atoms with Crippen LogP contribution in [-0.4, -0.2) is 16.1 Å². The number of nitrogens with one attached hydrogen (secondary N) is 1. The van der Waals surface area contributed by atoms with Crippen LogP contribution in [0.1, 0.15) is 32.9 Å². The molecule has 3 rings (SSSR count). The minimum atomic E-state index is -0.148. The molecule has 3 aromatic rings. The third-order valence-electron chi connectivity index (χ3n) is 3.67. The van der Waals surface area contributed by atoms with Crippen LogP contribution in [0.25, 0.3) is 0 Å². The van der Waals surface area contributed by atoms with E-state index in [1.54, 1.807) is 6.07 Å². The van der Waals surface area contributed by atoms with Gasteiger partial charge in [0.05, 0.1) is 0 Å². The van der Waals surface area contributed by atoms with Crippen molar-refractivity contribution in [2.75, 3.05) is 5.32 Å². The maximum Gasteiger partial charge on any atom is 0.257 e. The van der Waals surface area contributed by atoms with Crippen LogP contribution in [0.5, 0.6) is 0 Å². The van der Waals surface area contributed by atoms with Crippen LogP contribution in [0.15, 0.2) is 54.6 Å².